The molecular formula is C13H26ClNO3. The summed E-state index contributed by atoms with van der Waals surface area (Å²) in [6.45, 7) is 4.64. The summed E-state index contributed by atoms with van der Waals surface area (Å²) in [6, 6.07) is 0. The molecule has 2 fully saturated rings. The number of nitrogens with zero attached hydrogens (tertiary/aromatic N) is 1. The summed E-state index contributed by atoms with van der Waals surface area (Å²) in [7, 11) is 0. The van der Waals surface area contributed by atoms with Crippen LogP contribution >= 0.6 is 12.4 Å². The van der Waals surface area contributed by atoms with Gasteiger partial charge < -0.3 is 14.6 Å². The summed E-state index contributed by atoms with van der Waals surface area (Å²) < 4.78 is 11.1. The van der Waals surface area contributed by atoms with Gasteiger partial charge in [0, 0.05) is 19.6 Å². The van der Waals surface area contributed by atoms with Gasteiger partial charge in [0.2, 0.25) is 0 Å². The van der Waals surface area contributed by atoms with Crippen LogP contribution in [-0.2, 0) is 9.47 Å². The van der Waals surface area contributed by atoms with Crippen molar-refractivity contribution in [3.05, 3.63) is 0 Å². The molecule has 0 aromatic rings. The van der Waals surface area contributed by atoms with Crippen molar-refractivity contribution in [1.82, 2.24) is 4.90 Å². The first-order valence-corrected chi connectivity index (χ1v) is 6.94. The quantitative estimate of drug-likeness (QED) is 0.827. The number of halogens is 1. The van der Waals surface area contributed by atoms with Crippen LogP contribution in [0.1, 0.15) is 32.1 Å². The van der Waals surface area contributed by atoms with Crippen LogP contribution in [0.3, 0.4) is 0 Å². The normalized spacial score (nSPS) is 24.5. The Morgan fingerprint density at radius 3 is 2.50 bits per heavy atom. The minimum absolute atomic E-state index is 0. The largest absolute Gasteiger partial charge is 0.389 e. The molecule has 1 atom stereocenters. The highest BCUT2D eigenvalue weighted by molar-refractivity contribution is 5.85. The third kappa shape index (κ3) is 5.85. The first kappa shape index (κ1) is 16.2. The molecule has 1 saturated carbocycles. The molecule has 1 aliphatic heterocycles. The van der Waals surface area contributed by atoms with Crippen molar-refractivity contribution in [3.8, 4) is 0 Å². The summed E-state index contributed by atoms with van der Waals surface area (Å²) in [5, 5.41) is 9.92. The number of morpholine rings is 1. The number of rotatable bonds is 5. The predicted octanol–water partition coefficient (Wildman–Crippen LogP) is 1.45. The molecule has 1 unspecified atom stereocenters. The van der Waals surface area contributed by atoms with Crippen LogP contribution in [0.5, 0.6) is 0 Å². The van der Waals surface area contributed by atoms with Crippen molar-refractivity contribution < 1.29 is 14.6 Å². The molecule has 1 heterocycles. The second kappa shape index (κ2) is 9.10. The van der Waals surface area contributed by atoms with Crippen molar-refractivity contribution in [2.75, 3.05) is 39.5 Å². The topological polar surface area (TPSA) is 41.9 Å². The zero-order valence-electron chi connectivity index (χ0n) is 11.1. The maximum atomic E-state index is 9.92. The Hall–Kier alpha value is 0.130. The number of β-amino-alcohol motifs (C(OH)–C–C–N with tert-alkyl or cyclic N) is 1. The molecule has 0 aromatic carbocycles. The van der Waals surface area contributed by atoms with Crippen molar-refractivity contribution in [2.24, 2.45) is 0 Å². The van der Waals surface area contributed by atoms with E-state index in [9.17, 15) is 5.11 Å². The van der Waals surface area contributed by atoms with E-state index >= 15 is 0 Å². The van der Waals surface area contributed by atoms with E-state index in [0.717, 1.165) is 32.8 Å². The van der Waals surface area contributed by atoms with E-state index in [1.165, 1.54) is 32.1 Å². The SMILES string of the molecule is Cl.OC(COC1CCCCC1)CN1CCOCC1. The summed E-state index contributed by atoms with van der Waals surface area (Å²) in [4.78, 5) is 2.25. The first-order chi connectivity index (χ1) is 8.34. The molecule has 0 aromatic heterocycles. The maximum Gasteiger partial charge on any atom is 0.0900 e. The fourth-order valence-corrected chi connectivity index (χ4v) is 2.61. The molecule has 2 rings (SSSR count). The molecule has 2 aliphatic rings. The molecule has 18 heavy (non-hydrogen) atoms. The summed E-state index contributed by atoms with van der Waals surface area (Å²) in [6.07, 6.45) is 6.29. The van der Waals surface area contributed by atoms with E-state index in [-0.39, 0.29) is 18.5 Å². The highest BCUT2D eigenvalue weighted by Gasteiger charge is 2.18. The smallest absolute Gasteiger partial charge is 0.0900 e. The Bertz CT molecular complexity index is 206. The Balaban J connectivity index is 0.00000162. The van der Waals surface area contributed by atoms with E-state index in [1.54, 1.807) is 0 Å². The van der Waals surface area contributed by atoms with Gasteiger partial charge in [-0.05, 0) is 12.8 Å². The monoisotopic (exact) mass is 279 g/mol. The Morgan fingerprint density at radius 1 is 1.17 bits per heavy atom. The number of hydrogen-bond acceptors (Lipinski definition) is 4. The van der Waals surface area contributed by atoms with Gasteiger partial charge in [0.1, 0.15) is 0 Å². The zero-order chi connectivity index (χ0) is 11.9. The maximum absolute atomic E-state index is 9.92. The van der Waals surface area contributed by atoms with Crippen LogP contribution in [0.25, 0.3) is 0 Å². The molecule has 0 amide bonds. The average molecular weight is 280 g/mol. The summed E-state index contributed by atoms with van der Waals surface area (Å²) >= 11 is 0. The number of ether oxygens (including phenoxy) is 2. The lowest BCUT2D eigenvalue weighted by Gasteiger charge is -2.29. The highest BCUT2D eigenvalue weighted by atomic mass is 35.5. The second-order valence-corrected chi connectivity index (χ2v) is 5.16. The first-order valence-electron chi connectivity index (χ1n) is 6.94. The molecule has 1 N–H and O–H groups in total. The summed E-state index contributed by atoms with van der Waals surface area (Å²) in [5.74, 6) is 0. The Morgan fingerprint density at radius 2 is 1.83 bits per heavy atom. The second-order valence-electron chi connectivity index (χ2n) is 5.16. The lowest BCUT2D eigenvalue weighted by atomic mass is 9.98. The average Bonchev–Trinajstić information content (AvgIpc) is 2.39. The van der Waals surface area contributed by atoms with Gasteiger partial charge in [-0.1, -0.05) is 19.3 Å². The van der Waals surface area contributed by atoms with Gasteiger partial charge in [-0.15, -0.1) is 12.4 Å². The third-order valence-electron chi connectivity index (χ3n) is 3.65. The van der Waals surface area contributed by atoms with Crippen molar-refractivity contribution in [2.45, 2.75) is 44.3 Å². The fraction of sp³-hybridized carbons (Fsp3) is 1.00. The molecule has 0 spiro atoms. The lowest BCUT2D eigenvalue weighted by molar-refractivity contribution is -0.0446. The molecule has 108 valence electrons. The molecule has 1 saturated heterocycles. The zero-order valence-corrected chi connectivity index (χ0v) is 11.9. The Labute approximate surface area is 116 Å². The fourth-order valence-electron chi connectivity index (χ4n) is 2.61. The minimum Gasteiger partial charge on any atom is -0.389 e. The van der Waals surface area contributed by atoms with Crippen LogP contribution < -0.4 is 0 Å². The van der Waals surface area contributed by atoms with Crippen LogP contribution in [0.15, 0.2) is 0 Å². The van der Waals surface area contributed by atoms with Gasteiger partial charge in [-0.3, -0.25) is 4.90 Å². The molecule has 0 radical (unpaired) electrons. The van der Waals surface area contributed by atoms with E-state index in [1.807, 2.05) is 0 Å². The van der Waals surface area contributed by atoms with Crippen molar-refractivity contribution >= 4 is 12.4 Å². The number of aliphatic hydroxyl groups excluding tert-OH is 1. The van der Waals surface area contributed by atoms with Crippen LogP contribution in [0.2, 0.25) is 0 Å². The van der Waals surface area contributed by atoms with Gasteiger partial charge in [0.15, 0.2) is 0 Å². The van der Waals surface area contributed by atoms with Gasteiger partial charge in [-0.2, -0.15) is 0 Å². The standard InChI is InChI=1S/C13H25NO3.ClH/c15-12(10-14-6-8-16-9-7-14)11-17-13-4-2-1-3-5-13;/h12-13,15H,1-11H2;1H. The van der Waals surface area contributed by atoms with E-state index < -0.39 is 0 Å². The van der Waals surface area contributed by atoms with E-state index in [2.05, 4.69) is 4.90 Å². The Kier molecular flexibility index (Phi) is 8.18. The van der Waals surface area contributed by atoms with Gasteiger partial charge in [0.05, 0.1) is 32.0 Å². The van der Waals surface area contributed by atoms with Gasteiger partial charge >= 0.3 is 0 Å². The van der Waals surface area contributed by atoms with Crippen LogP contribution in [0.4, 0.5) is 0 Å². The minimum atomic E-state index is -0.352. The molecule has 0 bridgehead atoms. The number of hydrogen-bond donors (Lipinski definition) is 1. The number of aliphatic hydroxyl groups is 1. The van der Waals surface area contributed by atoms with E-state index in [0.29, 0.717) is 12.7 Å². The molecule has 4 nitrogen and oxygen atoms in total. The van der Waals surface area contributed by atoms with Gasteiger partial charge in [0.25, 0.3) is 0 Å². The van der Waals surface area contributed by atoms with Crippen LogP contribution in [0, 0.1) is 0 Å². The van der Waals surface area contributed by atoms with Crippen molar-refractivity contribution in [3.63, 3.8) is 0 Å². The van der Waals surface area contributed by atoms with Gasteiger partial charge in [-0.25, -0.2) is 0 Å². The summed E-state index contributed by atoms with van der Waals surface area (Å²) in [5.41, 5.74) is 0. The molecular weight excluding hydrogens is 254 g/mol. The lowest BCUT2D eigenvalue weighted by Crippen LogP contribution is -2.42. The highest BCUT2D eigenvalue weighted by Crippen LogP contribution is 2.20. The van der Waals surface area contributed by atoms with Crippen molar-refractivity contribution in [1.29, 1.82) is 0 Å². The van der Waals surface area contributed by atoms with Crippen LogP contribution in [-0.4, -0.2) is 61.7 Å². The molecule has 1 aliphatic carbocycles. The third-order valence-corrected chi connectivity index (χ3v) is 3.65. The molecule has 5 heteroatoms. The van der Waals surface area contributed by atoms with E-state index in [4.69, 9.17) is 9.47 Å². The predicted molar refractivity (Wildman–Crippen MR) is 73.3 cm³/mol.